The van der Waals surface area contributed by atoms with E-state index in [1.54, 1.807) is 0 Å². The zero-order chi connectivity index (χ0) is 17.5. The SMILES string of the molecule is COC(=O)COc1c(C)cc(CNCc2ccc(Cl)cc2)cc1C. The van der Waals surface area contributed by atoms with Crippen LogP contribution in [0.3, 0.4) is 0 Å². The van der Waals surface area contributed by atoms with Crippen molar-refractivity contribution in [3.63, 3.8) is 0 Å². The van der Waals surface area contributed by atoms with E-state index in [2.05, 4.69) is 22.2 Å². The second-order valence-electron chi connectivity index (χ2n) is 5.65. The fourth-order valence-corrected chi connectivity index (χ4v) is 2.64. The molecule has 2 rings (SSSR count). The Morgan fingerprint density at radius 3 is 2.21 bits per heavy atom. The highest BCUT2D eigenvalue weighted by molar-refractivity contribution is 6.30. The molecule has 0 fully saturated rings. The number of hydrogen-bond acceptors (Lipinski definition) is 4. The minimum atomic E-state index is -0.387. The van der Waals surface area contributed by atoms with Crippen LogP contribution in [0.1, 0.15) is 22.3 Å². The summed E-state index contributed by atoms with van der Waals surface area (Å²) in [6, 6.07) is 11.9. The number of carbonyl (C=O) groups excluding carboxylic acids is 1. The third-order valence-electron chi connectivity index (χ3n) is 3.65. The number of rotatable bonds is 7. The van der Waals surface area contributed by atoms with Crippen molar-refractivity contribution >= 4 is 17.6 Å². The molecule has 0 radical (unpaired) electrons. The van der Waals surface area contributed by atoms with Crippen LogP contribution in [-0.4, -0.2) is 19.7 Å². The lowest BCUT2D eigenvalue weighted by atomic mass is 10.1. The van der Waals surface area contributed by atoms with Gasteiger partial charge in [-0.1, -0.05) is 35.9 Å². The first-order chi connectivity index (χ1) is 11.5. The third kappa shape index (κ3) is 5.25. The number of ether oxygens (including phenoxy) is 2. The van der Waals surface area contributed by atoms with Gasteiger partial charge in [-0.2, -0.15) is 0 Å². The Morgan fingerprint density at radius 1 is 1.04 bits per heavy atom. The second kappa shape index (κ2) is 8.71. The summed E-state index contributed by atoms with van der Waals surface area (Å²) in [5.41, 5.74) is 4.36. The predicted octanol–water partition coefficient (Wildman–Crippen LogP) is 3.80. The van der Waals surface area contributed by atoms with Gasteiger partial charge in [0, 0.05) is 18.1 Å². The molecule has 0 saturated heterocycles. The highest BCUT2D eigenvalue weighted by atomic mass is 35.5. The molecular formula is C19H22ClNO3. The molecule has 0 amide bonds. The number of carbonyl (C=O) groups is 1. The number of esters is 1. The van der Waals surface area contributed by atoms with Crippen LogP contribution in [0.5, 0.6) is 5.75 Å². The fraction of sp³-hybridized carbons (Fsp3) is 0.316. The summed E-state index contributed by atoms with van der Waals surface area (Å²) in [6.45, 7) is 5.40. The maximum absolute atomic E-state index is 11.2. The molecule has 0 saturated carbocycles. The molecule has 0 bridgehead atoms. The Bertz CT molecular complexity index is 675. The zero-order valence-electron chi connectivity index (χ0n) is 14.2. The summed E-state index contributed by atoms with van der Waals surface area (Å²) in [7, 11) is 1.35. The maximum atomic E-state index is 11.2. The van der Waals surface area contributed by atoms with Crippen molar-refractivity contribution in [3.05, 3.63) is 63.7 Å². The van der Waals surface area contributed by atoms with Gasteiger partial charge in [0.05, 0.1) is 7.11 Å². The molecule has 0 spiro atoms. The number of nitrogens with one attached hydrogen (secondary N) is 1. The van der Waals surface area contributed by atoms with E-state index in [-0.39, 0.29) is 12.6 Å². The van der Waals surface area contributed by atoms with E-state index < -0.39 is 0 Å². The predicted molar refractivity (Wildman–Crippen MR) is 95.4 cm³/mol. The molecule has 24 heavy (non-hydrogen) atoms. The first-order valence-corrected chi connectivity index (χ1v) is 8.12. The monoisotopic (exact) mass is 347 g/mol. The van der Waals surface area contributed by atoms with Crippen molar-refractivity contribution in [1.29, 1.82) is 0 Å². The Balaban J connectivity index is 1.94. The molecule has 2 aromatic carbocycles. The van der Waals surface area contributed by atoms with Gasteiger partial charge in [0.25, 0.3) is 0 Å². The number of halogens is 1. The van der Waals surface area contributed by atoms with Gasteiger partial charge in [-0.25, -0.2) is 4.79 Å². The average Bonchev–Trinajstić information content (AvgIpc) is 2.55. The largest absolute Gasteiger partial charge is 0.481 e. The molecule has 2 aromatic rings. The van der Waals surface area contributed by atoms with Gasteiger partial charge in [0.1, 0.15) is 5.75 Å². The van der Waals surface area contributed by atoms with E-state index in [1.807, 2.05) is 38.1 Å². The summed E-state index contributed by atoms with van der Waals surface area (Å²) in [4.78, 5) is 11.2. The van der Waals surface area contributed by atoms with Gasteiger partial charge >= 0.3 is 5.97 Å². The number of methoxy groups -OCH3 is 1. The van der Waals surface area contributed by atoms with Crippen molar-refractivity contribution in [2.75, 3.05) is 13.7 Å². The highest BCUT2D eigenvalue weighted by Crippen LogP contribution is 2.25. The highest BCUT2D eigenvalue weighted by Gasteiger charge is 2.09. The lowest BCUT2D eigenvalue weighted by molar-refractivity contribution is -0.142. The Kier molecular flexibility index (Phi) is 6.64. The van der Waals surface area contributed by atoms with Gasteiger partial charge in [0.2, 0.25) is 0 Å². The fourth-order valence-electron chi connectivity index (χ4n) is 2.51. The summed E-state index contributed by atoms with van der Waals surface area (Å²) < 4.78 is 10.1. The van der Waals surface area contributed by atoms with Crippen LogP contribution in [0.4, 0.5) is 0 Å². The van der Waals surface area contributed by atoms with Gasteiger partial charge < -0.3 is 14.8 Å². The van der Waals surface area contributed by atoms with Crippen molar-refractivity contribution in [2.24, 2.45) is 0 Å². The number of aryl methyl sites for hydroxylation is 2. The van der Waals surface area contributed by atoms with E-state index in [1.165, 1.54) is 18.2 Å². The van der Waals surface area contributed by atoms with Gasteiger partial charge in [-0.3, -0.25) is 0 Å². The Labute approximate surface area is 147 Å². The Hall–Kier alpha value is -2.04. The standard InChI is InChI=1S/C19H22ClNO3/c1-13-8-16(9-14(2)19(13)24-12-18(22)23-3)11-21-10-15-4-6-17(20)7-5-15/h4-9,21H,10-12H2,1-3H3. The van der Waals surface area contributed by atoms with Crippen molar-refractivity contribution < 1.29 is 14.3 Å². The van der Waals surface area contributed by atoms with Gasteiger partial charge in [0.15, 0.2) is 6.61 Å². The molecule has 0 heterocycles. The average molecular weight is 348 g/mol. The van der Waals surface area contributed by atoms with Crippen LogP contribution in [0, 0.1) is 13.8 Å². The normalized spacial score (nSPS) is 10.5. The molecule has 1 N–H and O–H groups in total. The van der Waals surface area contributed by atoms with Crippen molar-refractivity contribution in [1.82, 2.24) is 5.32 Å². The molecule has 0 aliphatic carbocycles. The van der Waals surface area contributed by atoms with Crippen molar-refractivity contribution in [3.8, 4) is 5.75 Å². The first-order valence-electron chi connectivity index (χ1n) is 7.74. The lowest BCUT2D eigenvalue weighted by Crippen LogP contribution is -2.15. The summed E-state index contributed by atoms with van der Waals surface area (Å²) in [5, 5.41) is 4.16. The molecule has 128 valence electrons. The van der Waals surface area contributed by atoms with E-state index in [4.69, 9.17) is 16.3 Å². The molecule has 4 nitrogen and oxygen atoms in total. The summed E-state index contributed by atoms with van der Waals surface area (Å²) in [5.74, 6) is 0.351. The quantitative estimate of drug-likeness (QED) is 0.774. The molecule has 0 aliphatic heterocycles. The van der Waals surface area contributed by atoms with Crippen LogP contribution in [0.15, 0.2) is 36.4 Å². The van der Waals surface area contributed by atoms with Crippen LogP contribution >= 0.6 is 11.6 Å². The van der Waals surface area contributed by atoms with Crippen molar-refractivity contribution in [2.45, 2.75) is 26.9 Å². The minimum absolute atomic E-state index is 0.0770. The molecule has 0 aliphatic rings. The van der Waals surface area contributed by atoms with Crippen LogP contribution < -0.4 is 10.1 Å². The second-order valence-corrected chi connectivity index (χ2v) is 6.09. The molecule has 5 heteroatoms. The molecule has 0 aromatic heterocycles. The Morgan fingerprint density at radius 2 is 1.62 bits per heavy atom. The zero-order valence-corrected chi connectivity index (χ0v) is 14.9. The lowest BCUT2D eigenvalue weighted by Gasteiger charge is -2.14. The van der Waals surface area contributed by atoms with Crippen LogP contribution in [0.25, 0.3) is 0 Å². The third-order valence-corrected chi connectivity index (χ3v) is 3.91. The maximum Gasteiger partial charge on any atom is 0.343 e. The van der Waals surface area contributed by atoms with E-state index >= 15 is 0 Å². The van der Waals surface area contributed by atoms with E-state index in [0.717, 1.165) is 35.0 Å². The number of hydrogen-bond donors (Lipinski definition) is 1. The van der Waals surface area contributed by atoms with Gasteiger partial charge in [-0.15, -0.1) is 0 Å². The van der Waals surface area contributed by atoms with Crippen LogP contribution in [0.2, 0.25) is 5.02 Å². The smallest absolute Gasteiger partial charge is 0.343 e. The van der Waals surface area contributed by atoms with E-state index in [0.29, 0.717) is 0 Å². The molecular weight excluding hydrogens is 326 g/mol. The summed E-state index contributed by atoms with van der Waals surface area (Å²) in [6.07, 6.45) is 0. The molecule has 0 atom stereocenters. The first kappa shape index (κ1) is 18.3. The topological polar surface area (TPSA) is 47.6 Å². The van der Waals surface area contributed by atoms with Gasteiger partial charge in [-0.05, 0) is 48.2 Å². The molecule has 0 unspecified atom stereocenters. The minimum Gasteiger partial charge on any atom is -0.481 e. The van der Waals surface area contributed by atoms with E-state index in [9.17, 15) is 4.79 Å². The summed E-state index contributed by atoms with van der Waals surface area (Å²) >= 11 is 5.88. The number of benzene rings is 2. The van der Waals surface area contributed by atoms with Crippen LogP contribution in [-0.2, 0) is 22.6 Å².